The van der Waals surface area contributed by atoms with Gasteiger partial charge in [-0.2, -0.15) is 0 Å². The van der Waals surface area contributed by atoms with E-state index >= 15 is 0 Å². The van der Waals surface area contributed by atoms with Crippen LogP contribution in [0.1, 0.15) is 29.5 Å². The predicted octanol–water partition coefficient (Wildman–Crippen LogP) is 4.91. The first-order chi connectivity index (χ1) is 7.27. The van der Waals surface area contributed by atoms with Gasteiger partial charge in [-0.25, -0.2) is 4.39 Å². The van der Waals surface area contributed by atoms with Crippen molar-refractivity contribution in [2.75, 3.05) is 0 Å². The van der Waals surface area contributed by atoms with Crippen LogP contribution in [0.25, 0.3) is 0 Å². The van der Waals surface area contributed by atoms with E-state index in [1.807, 2.05) is 13.0 Å². The van der Waals surface area contributed by atoms with Crippen molar-refractivity contribution < 1.29 is 4.39 Å². The molecule has 0 N–H and O–H groups in total. The van der Waals surface area contributed by atoms with Gasteiger partial charge in [0.25, 0.3) is 0 Å². The molecule has 0 fully saturated rings. The van der Waals surface area contributed by atoms with Gasteiger partial charge < -0.3 is 0 Å². The normalized spacial score (nSPS) is 13.6. The number of halogens is 3. The standard InChI is InChI=1S/C13H15Cl2F/c1-5-11(13(4,14)15)10-6-8(2)9(3)12(16)7-10/h5-7,11H,1H2,2-4H3. The number of benzene rings is 1. The van der Waals surface area contributed by atoms with Gasteiger partial charge in [0.15, 0.2) is 0 Å². The van der Waals surface area contributed by atoms with Crippen molar-refractivity contribution in [1.29, 1.82) is 0 Å². The first kappa shape index (κ1) is 13.5. The molecule has 0 saturated heterocycles. The van der Waals surface area contributed by atoms with Crippen LogP contribution in [-0.4, -0.2) is 4.33 Å². The number of rotatable bonds is 3. The molecule has 0 bridgehead atoms. The summed E-state index contributed by atoms with van der Waals surface area (Å²) in [4.78, 5) is 0. The van der Waals surface area contributed by atoms with Crippen LogP contribution in [0.5, 0.6) is 0 Å². The molecule has 0 aliphatic carbocycles. The molecule has 0 aromatic heterocycles. The molecule has 0 radical (unpaired) electrons. The van der Waals surface area contributed by atoms with Crippen LogP contribution in [0.3, 0.4) is 0 Å². The van der Waals surface area contributed by atoms with E-state index in [2.05, 4.69) is 6.58 Å². The molecule has 0 spiro atoms. The third-order valence-corrected chi connectivity index (χ3v) is 3.24. The van der Waals surface area contributed by atoms with Crippen molar-refractivity contribution in [3.05, 3.63) is 47.3 Å². The summed E-state index contributed by atoms with van der Waals surface area (Å²) in [5.74, 6) is -0.524. The zero-order valence-corrected chi connectivity index (χ0v) is 11.2. The SMILES string of the molecule is C=CC(c1cc(C)c(C)c(F)c1)C(C)(Cl)Cl. The highest BCUT2D eigenvalue weighted by Crippen LogP contribution is 2.39. The molecule has 0 nitrogen and oxygen atoms in total. The minimum atomic E-state index is -0.990. The second-order valence-electron chi connectivity index (χ2n) is 4.11. The van der Waals surface area contributed by atoms with Crippen LogP contribution in [0.15, 0.2) is 24.8 Å². The lowest BCUT2D eigenvalue weighted by Gasteiger charge is -2.24. The maximum atomic E-state index is 13.6. The van der Waals surface area contributed by atoms with E-state index in [1.54, 1.807) is 19.9 Å². The van der Waals surface area contributed by atoms with Crippen LogP contribution in [-0.2, 0) is 0 Å². The van der Waals surface area contributed by atoms with Crippen LogP contribution >= 0.6 is 23.2 Å². The van der Waals surface area contributed by atoms with Gasteiger partial charge in [0, 0.05) is 5.92 Å². The lowest BCUT2D eigenvalue weighted by molar-refractivity contribution is 0.610. The van der Waals surface area contributed by atoms with Gasteiger partial charge in [-0.3, -0.25) is 0 Å². The van der Waals surface area contributed by atoms with E-state index in [4.69, 9.17) is 23.2 Å². The summed E-state index contributed by atoms with van der Waals surface area (Å²) in [7, 11) is 0. The predicted molar refractivity (Wildman–Crippen MR) is 68.9 cm³/mol. The third kappa shape index (κ3) is 2.78. The quantitative estimate of drug-likeness (QED) is 0.536. The van der Waals surface area contributed by atoms with E-state index in [0.717, 1.165) is 11.1 Å². The minimum Gasteiger partial charge on any atom is -0.207 e. The molecule has 0 saturated carbocycles. The van der Waals surface area contributed by atoms with Crippen molar-refractivity contribution in [3.8, 4) is 0 Å². The highest BCUT2D eigenvalue weighted by molar-refractivity contribution is 6.48. The Bertz CT molecular complexity index is 382. The van der Waals surface area contributed by atoms with Crippen LogP contribution in [0.2, 0.25) is 0 Å². The van der Waals surface area contributed by atoms with Crippen LogP contribution < -0.4 is 0 Å². The molecule has 1 aromatic carbocycles. The third-order valence-electron chi connectivity index (χ3n) is 2.77. The number of hydrogen-bond acceptors (Lipinski definition) is 0. The van der Waals surface area contributed by atoms with Crippen molar-refractivity contribution >= 4 is 23.2 Å². The van der Waals surface area contributed by atoms with Crippen molar-refractivity contribution in [3.63, 3.8) is 0 Å². The number of aryl methyl sites for hydroxylation is 1. The monoisotopic (exact) mass is 260 g/mol. The largest absolute Gasteiger partial charge is 0.207 e. The summed E-state index contributed by atoms with van der Waals surface area (Å²) < 4.78 is 12.6. The van der Waals surface area contributed by atoms with E-state index in [-0.39, 0.29) is 11.7 Å². The van der Waals surface area contributed by atoms with Gasteiger partial charge in [-0.05, 0) is 43.5 Å². The first-order valence-electron chi connectivity index (χ1n) is 5.04. The fourth-order valence-electron chi connectivity index (χ4n) is 1.66. The average Bonchev–Trinajstić information content (AvgIpc) is 2.12. The molecule has 0 aliphatic rings. The van der Waals surface area contributed by atoms with E-state index < -0.39 is 4.33 Å². The van der Waals surface area contributed by atoms with Gasteiger partial charge >= 0.3 is 0 Å². The Morgan fingerprint density at radius 3 is 2.31 bits per heavy atom. The van der Waals surface area contributed by atoms with Crippen LogP contribution in [0.4, 0.5) is 4.39 Å². The molecule has 0 aliphatic heterocycles. The summed E-state index contributed by atoms with van der Waals surface area (Å²) >= 11 is 12.1. The molecule has 1 atom stereocenters. The van der Waals surface area contributed by atoms with E-state index in [0.29, 0.717) is 5.56 Å². The molecule has 1 unspecified atom stereocenters. The fourth-order valence-corrected chi connectivity index (χ4v) is 2.09. The Kier molecular flexibility index (Phi) is 4.03. The molecule has 88 valence electrons. The summed E-state index contributed by atoms with van der Waals surface area (Å²) in [6.45, 7) is 8.98. The maximum absolute atomic E-state index is 13.6. The lowest BCUT2D eigenvalue weighted by atomic mass is 9.92. The molecule has 16 heavy (non-hydrogen) atoms. The summed E-state index contributed by atoms with van der Waals surface area (Å²) in [6, 6.07) is 3.37. The Hall–Kier alpha value is -0.530. The number of hydrogen-bond donors (Lipinski definition) is 0. The van der Waals surface area contributed by atoms with Crippen molar-refractivity contribution in [2.45, 2.75) is 31.0 Å². The van der Waals surface area contributed by atoms with Gasteiger partial charge in [0.2, 0.25) is 0 Å². The molecule has 1 aromatic rings. The highest BCUT2D eigenvalue weighted by Gasteiger charge is 2.29. The van der Waals surface area contributed by atoms with Gasteiger partial charge in [-0.1, -0.05) is 12.1 Å². The first-order valence-corrected chi connectivity index (χ1v) is 5.80. The van der Waals surface area contributed by atoms with E-state index in [1.165, 1.54) is 6.07 Å². The Labute approximate surface area is 106 Å². The summed E-state index contributed by atoms with van der Waals surface area (Å²) in [5.41, 5.74) is 2.29. The Balaban J connectivity index is 3.28. The maximum Gasteiger partial charge on any atom is 0.126 e. The fraction of sp³-hybridized carbons (Fsp3) is 0.385. The topological polar surface area (TPSA) is 0 Å². The second-order valence-corrected chi connectivity index (χ2v) is 5.88. The number of alkyl halides is 2. The average molecular weight is 261 g/mol. The lowest BCUT2D eigenvalue weighted by Crippen LogP contribution is -2.18. The molecule has 0 heterocycles. The highest BCUT2D eigenvalue weighted by atomic mass is 35.5. The van der Waals surface area contributed by atoms with E-state index in [9.17, 15) is 4.39 Å². The Morgan fingerprint density at radius 2 is 1.94 bits per heavy atom. The molecular weight excluding hydrogens is 246 g/mol. The molecule has 0 amide bonds. The van der Waals surface area contributed by atoms with Crippen LogP contribution in [0, 0.1) is 19.7 Å². The minimum absolute atomic E-state index is 0.237. The summed E-state index contributed by atoms with van der Waals surface area (Å²) in [6.07, 6.45) is 1.64. The van der Waals surface area contributed by atoms with Crippen molar-refractivity contribution in [1.82, 2.24) is 0 Å². The molecule has 3 heteroatoms. The number of allylic oxidation sites excluding steroid dienone is 1. The molecular formula is C13H15Cl2F. The zero-order valence-electron chi connectivity index (χ0n) is 9.65. The summed E-state index contributed by atoms with van der Waals surface area (Å²) in [5, 5.41) is 0. The Morgan fingerprint density at radius 1 is 1.38 bits per heavy atom. The molecule has 1 rings (SSSR count). The zero-order chi connectivity index (χ0) is 12.5. The van der Waals surface area contributed by atoms with Gasteiger partial charge in [0.05, 0.1) is 0 Å². The van der Waals surface area contributed by atoms with Gasteiger partial charge in [-0.15, -0.1) is 29.8 Å². The smallest absolute Gasteiger partial charge is 0.126 e. The van der Waals surface area contributed by atoms with Crippen molar-refractivity contribution in [2.24, 2.45) is 0 Å². The second kappa shape index (κ2) is 4.77. The van der Waals surface area contributed by atoms with Gasteiger partial charge in [0.1, 0.15) is 10.2 Å².